The molecule has 2 spiro atoms. The van der Waals surface area contributed by atoms with E-state index < -0.39 is 5.60 Å². The molecule has 0 aromatic carbocycles. The number of nitrogens with zero attached hydrogens (tertiary/aromatic N) is 5. The first-order valence-electron chi connectivity index (χ1n) is 17.4. The SMILES string of the molecule is CC(C)(C)OC(=O)N1C(CCCNc2cccc(SNC(=O)c3ccc(-n4ccc(OCC5C6(CC6)C56CC6)n4)nc3Cl)n2)CCC1(C)C. The zero-order valence-electron chi connectivity index (χ0n) is 28.9. The monoisotopic (exact) mass is 707 g/mol. The summed E-state index contributed by atoms with van der Waals surface area (Å²) in [5.74, 6) is 2.09. The Morgan fingerprint density at radius 3 is 2.49 bits per heavy atom. The number of hydrogen-bond acceptors (Lipinski definition) is 9. The Morgan fingerprint density at radius 2 is 1.80 bits per heavy atom. The van der Waals surface area contributed by atoms with Crippen molar-refractivity contribution in [3.63, 3.8) is 0 Å². The Bertz CT molecular complexity index is 1710. The second kappa shape index (κ2) is 12.7. The maximum atomic E-state index is 13.0. The molecule has 2 N–H and O–H groups in total. The molecule has 7 rings (SSSR count). The lowest BCUT2D eigenvalue weighted by atomic mass is 10.0. The molecule has 3 saturated carbocycles. The van der Waals surface area contributed by atoms with Crippen LogP contribution in [0.3, 0.4) is 0 Å². The van der Waals surface area contributed by atoms with Gasteiger partial charge in [0.2, 0.25) is 5.88 Å². The molecular formula is C36H46ClN7O4S. The maximum absolute atomic E-state index is 13.0. The van der Waals surface area contributed by atoms with Crippen LogP contribution in [0.15, 0.2) is 47.6 Å². The van der Waals surface area contributed by atoms with Crippen molar-refractivity contribution in [2.75, 3.05) is 18.5 Å². The highest BCUT2D eigenvalue weighted by Crippen LogP contribution is 2.92. The zero-order valence-corrected chi connectivity index (χ0v) is 30.5. The number of hydrogen-bond donors (Lipinski definition) is 2. The lowest BCUT2D eigenvalue weighted by molar-refractivity contribution is 0.00294. The van der Waals surface area contributed by atoms with Crippen molar-refractivity contribution in [2.24, 2.45) is 16.7 Å². The number of carbonyl (C=O) groups is 2. The average molecular weight is 708 g/mol. The predicted octanol–water partition coefficient (Wildman–Crippen LogP) is 7.69. The number of likely N-dealkylation sites (tertiary alicyclic amines) is 1. The molecule has 262 valence electrons. The summed E-state index contributed by atoms with van der Waals surface area (Å²) in [5, 5.41) is 8.61. The first-order valence-corrected chi connectivity index (χ1v) is 18.6. The molecule has 1 atom stereocenters. The number of carbonyl (C=O) groups excluding carboxylic acids is 2. The largest absolute Gasteiger partial charge is 0.476 e. The lowest BCUT2D eigenvalue weighted by Crippen LogP contribution is -2.49. The number of pyridine rings is 2. The summed E-state index contributed by atoms with van der Waals surface area (Å²) in [7, 11) is 0. The lowest BCUT2D eigenvalue weighted by Gasteiger charge is -2.37. The second-order valence-electron chi connectivity index (χ2n) is 15.6. The van der Waals surface area contributed by atoms with Crippen LogP contribution in [0.4, 0.5) is 10.6 Å². The summed E-state index contributed by atoms with van der Waals surface area (Å²) in [6.07, 6.45) is 10.6. The van der Waals surface area contributed by atoms with E-state index in [0.29, 0.717) is 45.8 Å². The minimum absolute atomic E-state index is 0.0807. The molecule has 1 aliphatic heterocycles. The third-order valence-corrected chi connectivity index (χ3v) is 11.8. The molecule has 13 heteroatoms. The highest BCUT2D eigenvalue weighted by atomic mass is 35.5. The fourth-order valence-corrected chi connectivity index (χ4v) is 8.88. The van der Waals surface area contributed by atoms with E-state index in [-0.39, 0.29) is 34.3 Å². The number of fused-ring (bicyclic) bond motifs is 1. The fraction of sp³-hybridized carbons (Fsp3) is 0.583. The Kier molecular flexibility index (Phi) is 8.78. The molecule has 49 heavy (non-hydrogen) atoms. The Morgan fingerprint density at radius 1 is 1.04 bits per heavy atom. The van der Waals surface area contributed by atoms with Gasteiger partial charge in [-0.25, -0.2) is 19.4 Å². The van der Waals surface area contributed by atoms with Crippen LogP contribution in [0.25, 0.3) is 5.82 Å². The summed E-state index contributed by atoms with van der Waals surface area (Å²) >= 11 is 7.57. The molecule has 4 aliphatic rings. The normalized spacial score (nSPS) is 21.1. The summed E-state index contributed by atoms with van der Waals surface area (Å²) in [4.78, 5) is 36.9. The number of rotatable bonds is 12. The van der Waals surface area contributed by atoms with Crippen molar-refractivity contribution in [1.29, 1.82) is 0 Å². The van der Waals surface area contributed by atoms with Gasteiger partial charge in [0.15, 0.2) is 5.82 Å². The molecule has 1 saturated heterocycles. The van der Waals surface area contributed by atoms with Crippen molar-refractivity contribution < 1.29 is 19.1 Å². The molecule has 1 unspecified atom stereocenters. The van der Waals surface area contributed by atoms with Crippen LogP contribution in [0.2, 0.25) is 5.15 Å². The van der Waals surface area contributed by atoms with Crippen LogP contribution in [-0.4, -0.2) is 67.0 Å². The van der Waals surface area contributed by atoms with Gasteiger partial charge in [-0.15, -0.1) is 5.10 Å². The van der Waals surface area contributed by atoms with E-state index >= 15 is 0 Å². The summed E-state index contributed by atoms with van der Waals surface area (Å²) < 4.78 is 16.2. The summed E-state index contributed by atoms with van der Waals surface area (Å²) in [6, 6.07) is 10.9. The number of ether oxygens (including phenoxy) is 2. The topological polar surface area (TPSA) is 124 Å². The minimum atomic E-state index is -0.529. The van der Waals surface area contributed by atoms with Crippen molar-refractivity contribution in [3.8, 4) is 11.7 Å². The van der Waals surface area contributed by atoms with Gasteiger partial charge in [-0.2, -0.15) is 0 Å². The predicted molar refractivity (Wildman–Crippen MR) is 189 cm³/mol. The van der Waals surface area contributed by atoms with E-state index in [4.69, 9.17) is 21.1 Å². The third-order valence-electron chi connectivity index (χ3n) is 10.8. The fourth-order valence-electron chi connectivity index (χ4n) is 8.05. The molecule has 4 heterocycles. The number of aromatic nitrogens is 4. The summed E-state index contributed by atoms with van der Waals surface area (Å²) in [5.41, 5.74) is 0.686. The van der Waals surface area contributed by atoms with Gasteiger partial charge in [0.05, 0.1) is 12.2 Å². The standard InChI is InChI=1S/C36H46ClN7O4S/c1-33(2,3)48-32(46)44-23(13-15-34(44,4)5)8-7-20-38-26-9-6-10-29(39-26)49-42-31(45)24-11-12-27(40-30(24)37)43-21-14-28(41-43)47-22-25-35(16-17-35)36(25)18-19-36/h6,9-12,14,21,23,25H,7-8,13,15-20,22H2,1-5H3,(H,38,39)(H,42,45). The highest BCUT2D eigenvalue weighted by molar-refractivity contribution is 7.97. The van der Waals surface area contributed by atoms with Crippen LogP contribution in [0, 0.1) is 16.7 Å². The molecule has 3 aliphatic carbocycles. The van der Waals surface area contributed by atoms with Crippen molar-refractivity contribution in [3.05, 3.63) is 53.3 Å². The van der Waals surface area contributed by atoms with Gasteiger partial charge >= 0.3 is 6.09 Å². The van der Waals surface area contributed by atoms with Crippen LogP contribution < -0.4 is 14.8 Å². The van der Waals surface area contributed by atoms with Crippen molar-refractivity contribution >= 4 is 41.4 Å². The van der Waals surface area contributed by atoms with Crippen LogP contribution >= 0.6 is 23.5 Å². The molecule has 3 aromatic rings. The number of anilines is 1. The molecular weight excluding hydrogens is 662 g/mol. The quantitative estimate of drug-likeness (QED) is 0.111. The number of amides is 2. The van der Waals surface area contributed by atoms with E-state index in [2.05, 4.69) is 39.0 Å². The first-order chi connectivity index (χ1) is 23.3. The maximum Gasteiger partial charge on any atom is 0.410 e. The third kappa shape index (κ3) is 6.95. The van der Waals surface area contributed by atoms with E-state index in [1.165, 1.54) is 25.7 Å². The average Bonchev–Trinajstić information content (AvgIpc) is 3.99. The van der Waals surface area contributed by atoms with Gasteiger partial charge < -0.3 is 19.7 Å². The van der Waals surface area contributed by atoms with Gasteiger partial charge in [-0.3, -0.25) is 9.52 Å². The Labute approximate surface area is 297 Å². The van der Waals surface area contributed by atoms with E-state index in [0.717, 1.165) is 44.2 Å². The van der Waals surface area contributed by atoms with E-state index in [9.17, 15) is 9.59 Å². The van der Waals surface area contributed by atoms with E-state index in [1.807, 2.05) is 49.9 Å². The van der Waals surface area contributed by atoms with Gasteiger partial charge in [-0.1, -0.05) is 17.7 Å². The van der Waals surface area contributed by atoms with Gasteiger partial charge in [0, 0.05) is 48.3 Å². The van der Waals surface area contributed by atoms with Gasteiger partial charge in [0.25, 0.3) is 5.91 Å². The van der Waals surface area contributed by atoms with Crippen molar-refractivity contribution in [1.82, 2.24) is 29.4 Å². The van der Waals surface area contributed by atoms with Gasteiger partial charge in [-0.05, 0) is 121 Å². The molecule has 3 aromatic heterocycles. The number of halogens is 1. The number of nitrogens with one attached hydrogen (secondary N) is 2. The first kappa shape index (κ1) is 34.0. The van der Waals surface area contributed by atoms with Crippen LogP contribution in [0.1, 0.15) is 96.3 Å². The Hall–Kier alpha value is -3.51. The van der Waals surface area contributed by atoms with E-state index in [1.54, 1.807) is 23.0 Å². The highest BCUT2D eigenvalue weighted by Gasteiger charge is 2.86. The minimum Gasteiger partial charge on any atom is -0.476 e. The molecule has 4 fully saturated rings. The molecule has 0 radical (unpaired) electrons. The molecule has 0 bridgehead atoms. The van der Waals surface area contributed by atoms with Gasteiger partial charge in [0.1, 0.15) is 21.6 Å². The zero-order chi connectivity index (χ0) is 34.6. The summed E-state index contributed by atoms with van der Waals surface area (Å²) in [6.45, 7) is 11.3. The van der Waals surface area contributed by atoms with Crippen molar-refractivity contribution in [2.45, 2.75) is 108 Å². The second-order valence-corrected chi connectivity index (χ2v) is 16.8. The Balaban J connectivity index is 0.866. The molecule has 2 amide bonds. The van der Waals surface area contributed by atoms with Crippen LogP contribution in [-0.2, 0) is 4.74 Å². The van der Waals surface area contributed by atoms with Crippen LogP contribution in [0.5, 0.6) is 5.88 Å². The smallest absolute Gasteiger partial charge is 0.410 e. The molecule has 11 nitrogen and oxygen atoms in total.